The summed E-state index contributed by atoms with van der Waals surface area (Å²) >= 11 is 3.67. The zero-order chi connectivity index (χ0) is 11.8. The predicted octanol–water partition coefficient (Wildman–Crippen LogP) is 3.00. The van der Waals surface area contributed by atoms with Gasteiger partial charge in [0.05, 0.1) is 6.61 Å². The van der Waals surface area contributed by atoms with Crippen molar-refractivity contribution in [2.75, 3.05) is 25.2 Å². The minimum absolute atomic E-state index is 0.610. The minimum Gasteiger partial charge on any atom is -0.384 e. The summed E-state index contributed by atoms with van der Waals surface area (Å²) in [5.74, 6) is 2.06. The molecule has 0 heterocycles. The van der Waals surface area contributed by atoms with Gasteiger partial charge in [0.1, 0.15) is 0 Å². The number of rotatable bonds is 7. The van der Waals surface area contributed by atoms with Crippen LogP contribution in [0.1, 0.15) is 12.5 Å². The van der Waals surface area contributed by atoms with Crippen molar-refractivity contribution in [3.63, 3.8) is 0 Å². The monoisotopic (exact) mass is 257 g/mol. The zero-order valence-electron chi connectivity index (χ0n) is 9.86. The van der Waals surface area contributed by atoms with Crippen LogP contribution in [0, 0.1) is 0 Å². The lowest BCUT2D eigenvalue weighted by molar-refractivity contribution is 0.218. The molecule has 0 amide bonds. The van der Waals surface area contributed by atoms with Crippen LogP contribution in [-0.4, -0.2) is 25.2 Å². The molecular weight excluding hydrogens is 238 g/mol. The molecule has 0 radical (unpaired) electrons. The summed E-state index contributed by atoms with van der Waals surface area (Å²) < 4.78 is 5.06. The van der Waals surface area contributed by atoms with E-state index in [1.54, 1.807) is 7.11 Å². The van der Waals surface area contributed by atoms with E-state index in [1.165, 1.54) is 15.4 Å². The fourth-order valence-corrected chi connectivity index (χ4v) is 3.34. The summed E-state index contributed by atoms with van der Waals surface area (Å²) in [5, 5.41) is 0. The van der Waals surface area contributed by atoms with Gasteiger partial charge in [-0.05, 0) is 23.4 Å². The maximum atomic E-state index is 5.83. The Morgan fingerprint density at radius 1 is 1.25 bits per heavy atom. The SMILES string of the molecule is CCSc1cccc(SCCOC)c1CN. The topological polar surface area (TPSA) is 35.2 Å². The normalized spacial score (nSPS) is 10.7. The Balaban J connectivity index is 2.77. The van der Waals surface area contributed by atoms with E-state index in [1.807, 2.05) is 23.5 Å². The van der Waals surface area contributed by atoms with Gasteiger partial charge in [-0.3, -0.25) is 0 Å². The van der Waals surface area contributed by atoms with Crippen molar-refractivity contribution in [3.05, 3.63) is 23.8 Å². The van der Waals surface area contributed by atoms with E-state index in [0.717, 1.165) is 18.1 Å². The number of thioether (sulfide) groups is 2. The van der Waals surface area contributed by atoms with Crippen molar-refractivity contribution in [2.24, 2.45) is 5.73 Å². The Morgan fingerprint density at radius 2 is 1.94 bits per heavy atom. The highest BCUT2D eigenvalue weighted by molar-refractivity contribution is 8.00. The summed E-state index contributed by atoms with van der Waals surface area (Å²) in [6.45, 7) is 3.55. The van der Waals surface area contributed by atoms with E-state index < -0.39 is 0 Å². The van der Waals surface area contributed by atoms with Gasteiger partial charge >= 0.3 is 0 Å². The second-order valence-electron chi connectivity index (χ2n) is 3.21. The zero-order valence-corrected chi connectivity index (χ0v) is 11.5. The molecule has 0 bridgehead atoms. The van der Waals surface area contributed by atoms with Crippen molar-refractivity contribution in [3.8, 4) is 0 Å². The number of ether oxygens (including phenoxy) is 1. The molecule has 0 fully saturated rings. The Morgan fingerprint density at radius 3 is 2.50 bits per heavy atom. The van der Waals surface area contributed by atoms with Gasteiger partial charge in [-0.15, -0.1) is 23.5 Å². The van der Waals surface area contributed by atoms with Gasteiger partial charge in [-0.25, -0.2) is 0 Å². The van der Waals surface area contributed by atoms with Crippen molar-refractivity contribution < 1.29 is 4.74 Å². The van der Waals surface area contributed by atoms with Gasteiger partial charge < -0.3 is 10.5 Å². The van der Waals surface area contributed by atoms with E-state index in [9.17, 15) is 0 Å². The third kappa shape index (κ3) is 4.01. The molecule has 0 aliphatic rings. The van der Waals surface area contributed by atoms with Crippen LogP contribution in [0.4, 0.5) is 0 Å². The lowest BCUT2D eigenvalue weighted by Gasteiger charge is -2.11. The molecule has 0 unspecified atom stereocenters. The minimum atomic E-state index is 0.610. The van der Waals surface area contributed by atoms with Crippen molar-refractivity contribution in [1.29, 1.82) is 0 Å². The average molecular weight is 257 g/mol. The van der Waals surface area contributed by atoms with Crippen molar-refractivity contribution in [2.45, 2.75) is 23.3 Å². The van der Waals surface area contributed by atoms with Gasteiger partial charge in [0.25, 0.3) is 0 Å². The molecule has 90 valence electrons. The van der Waals surface area contributed by atoms with E-state index in [0.29, 0.717) is 6.54 Å². The quantitative estimate of drug-likeness (QED) is 0.601. The first-order valence-corrected chi connectivity index (χ1v) is 7.37. The maximum Gasteiger partial charge on any atom is 0.0556 e. The van der Waals surface area contributed by atoms with E-state index in [2.05, 4.69) is 25.1 Å². The molecule has 0 atom stereocenters. The lowest BCUT2D eigenvalue weighted by Crippen LogP contribution is -2.02. The van der Waals surface area contributed by atoms with Crippen LogP contribution >= 0.6 is 23.5 Å². The number of methoxy groups -OCH3 is 1. The molecule has 0 aromatic heterocycles. The smallest absolute Gasteiger partial charge is 0.0556 e. The molecule has 2 nitrogen and oxygen atoms in total. The highest BCUT2D eigenvalue weighted by Crippen LogP contribution is 2.30. The summed E-state index contributed by atoms with van der Waals surface area (Å²) in [6, 6.07) is 6.39. The molecule has 0 saturated heterocycles. The molecule has 2 N–H and O–H groups in total. The summed E-state index contributed by atoms with van der Waals surface area (Å²) in [4.78, 5) is 2.60. The van der Waals surface area contributed by atoms with Gasteiger partial charge in [-0.2, -0.15) is 0 Å². The largest absolute Gasteiger partial charge is 0.384 e. The lowest BCUT2D eigenvalue weighted by atomic mass is 10.2. The Labute approximate surface area is 106 Å². The number of nitrogens with two attached hydrogens (primary N) is 1. The maximum absolute atomic E-state index is 5.83. The molecule has 16 heavy (non-hydrogen) atoms. The van der Waals surface area contributed by atoms with E-state index in [-0.39, 0.29) is 0 Å². The summed E-state index contributed by atoms with van der Waals surface area (Å²) in [7, 11) is 1.73. The van der Waals surface area contributed by atoms with E-state index in [4.69, 9.17) is 10.5 Å². The molecule has 0 aliphatic heterocycles. The third-order valence-electron chi connectivity index (χ3n) is 2.14. The van der Waals surface area contributed by atoms with Gasteiger partial charge in [-0.1, -0.05) is 13.0 Å². The third-order valence-corrected chi connectivity index (χ3v) is 4.19. The number of hydrogen-bond acceptors (Lipinski definition) is 4. The van der Waals surface area contributed by atoms with E-state index >= 15 is 0 Å². The van der Waals surface area contributed by atoms with Gasteiger partial charge in [0.15, 0.2) is 0 Å². The Kier molecular flexibility index (Phi) is 6.96. The van der Waals surface area contributed by atoms with Crippen LogP contribution in [0.5, 0.6) is 0 Å². The first kappa shape index (κ1) is 13.9. The second kappa shape index (κ2) is 8.01. The Hall–Kier alpha value is -0.160. The highest BCUT2D eigenvalue weighted by atomic mass is 32.2. The fraction of sp³-hybridized carbons (Fsp3) is 0.500. The molecule has 1 aromatic carbocycles. The number of hydrogen-bond donors (Lipinski definition) is 1. The highest BCUT2D eigenvalue weighted by Gasteiger charge is 2.07. The first-order chi connectivity index (χ1) is 7.83. The molecule has 0 aliphatic carbocycles. The molecule has 4 heteroatoms. The van der Waals surface area contributed by atoms with Crippen LogP contribution in [0.3, 0.4) is 0 Å². The molecular formula is C12H19NOS2. The van der Waals surface area contributed by atoms with Crippen molar-refractivity contribution >= 4 is 23.5 Å². The number of benzene rings is 1. The molecule has 0 saturated carbocycles. The fourth-order valence-electron chi connectivity index (χ4n) is 1.41. The summed E-state index contributed by atoms with van der Waals surface area (Å²) in [5.41, 5.74) is 7.10. The molecule has 1 aromatic rings. The first-order valence-electron chi connectivity index (χ1n) is 5.40. The standard InChI is InChI=1S/C12H19NOS2/c1-3-15-11-5-4-6-12(10(11)9-13)16-8-7-14-2/h4-6H,3,7-9,13H2,1-2H3. The van der Waals surface area contributed by atoms with Crippen LogP contribution in [-0.2, 0) is 11.3 Å². The summed E-state index contributed by atoms with van der Waals surface area (Å²) in [6.07, 6.45) is 0. The van der Waals surface area contributed by atoms with Crippen LogP contribution in [0.15, 0.2) is 28.0 Å². The van der Waals surface area contributed by atoms with Gasteiger partial charge in [0, 0.05) is 29.2 Å². The molecule has 1 rings (SSSR count). The molecule has 0 spiro atoms. The van der Waals surface area contributed by atoms with Gasteiger partial charge in [0.2, 0.25) is 0 Å². The average Bonchev–Trinajstić information content (AvgIpc) is 2.30. The van der Waals surface area contributed by atoms with Crippen LogP contribution in [0.25, 0.3) is 0 Å². The Bertz CT molecular complexity index is 318. The van der Waals surface area contributed by atoms with Crippen molar-refractivity contribution in [1.82, 2.24) is 0 Å². The second-order valence-corrected chi connectivity index (χ2v) is 5.65. The predicted molar refractivity (Wildman–Crippen MR) is 73.3 cm³/mol. The van der Waals surface area contributed by atoms with Crippen LogP contribution in [0.2, 0.25) is 0 Å². The van der Waals surface area contributed by atoms with Crippen LogP contribution < -0.4 is 5.73 Å².